The zero-order chi connectivity index (χ0) is 15.7. The number of hydrogen-bond donors (Lipinski definition) is 1. The molecule has 11 heteroatoms. The molecule has 0 spiro atoms. The summed E-state index contributed by atoms with van der Waals surface area (Å²) in [4.78, 5) is 15.7. The molecule has 0 saturated carbocycles. The predicted molar refractivity (Wildman–Crippen MR) is 69.1 cm³/mol. The lowest BCUT2D eigenvalue weighted by Crippen LogP contribution is -2.23. The molecule has 0 bridgehead atoms. The Morgan fingerprint density at radius 1 is 1.27 bits per heavy atom. The van der Waals surface area contributed by atoms with Crippen molar-refractivity contribution in [3.8, 4) is 0 Å². The van der Waals surface area contributed by atoms with Gasteiger partial charge in [0.05, 0.1) is 0 Å². The molecule has 0 aliphatic carbocycles. The third-order valence-electron chi connectivity index (χ3n) is 2.64. The molecule has 22 heavy (non-hydrogen) atoms. The summed E-state index contributed by atoms with van der Waals surface area (Å²) in [7, 11) is 0. The zero-order valence-corrected chi connectivity index (χ0v) is 11.5. The molecule has 3 aromatic heterocycles. The van der Waals surface area contributed by atoms with Crippen LogP contribution in [0, 0.1) is 0 Å². The van der Waals surface area contributed by atoms with E-state index in [0.29, 0.717) is 4.52 Å². The SMILES string of the molecule is O=C(NCc1ccncc1)c1nn2c(C(F)(F)F)nnc2s1. The van der Waals surface area contributed by atoms with Crippen molar-refractivity contribution in [1.82, 2.24) is 30.1 Å². The number of nitrogens with zero attached hydrogens (tertiary/aromatic N) is 5. The molecule has 1 amide bonds. The van der Waals surface area contributed by atoms with Gasteiger partial charge in [-0.3, -0.25) is 9.78 Å². The van der Waals surface area contributed by atoms with Crippen LogP contribution in [0.3, 0.4) is 0 Å². The maximum absolute atomic E-state index is 12.7. The van der Waals surface area contributed by atoms with Gasteiger partial charge in [0, 0.05) is 18.9 Å². The van der Waals surface area contributed by atoms with E-state index in [-0.39, 0.29) is 16.5 Å². The molecule has 0 fully saturated rings. The molecule has 0 aliphatic rings. The van der Waals surface area contributed by atoms with Crippen LogP contribution in [-0.4, -0.2) is 30.7 Å². The molecule has 3 aromatic rings. The molecule has 3 rings (SSSR count). The van der Waals surface area contributed by atoms with Gasteiger partial charge in [-0.1, -0.05) is 11.3 Å². The van der Waals surface area contributed by atoms with E-state index >= 15 is 0 Å². The third kappa shape index (κ3) is 2.74. The lowest BCUT2D eigenvalue weighted by molar-refractivity contribution is -0.146. The summed E-state index contributed by atoms with van der Waals surface area (Å²) in [6, 6.07) is 3.42. The molecule has 0 atom stereocenters. The minimum atomic E-state index is -4.68. The number of fused-ring (bicyclic) bond motifs is 1. The first-order chi connectivity index (χ1) is 10.4. The molecule has 0 aliphatic heterocycles. The standard InChI is InChI=1S/C11H7F3N6OS/c12-11(13,14)9-17-18-10-20(9)19-8(22-10)7(21)16-5-6-1-3-15-4-2-6/h1-4H,5H2,(H,16,21). The number of pyridine rings is 1. The number of carbonyl (C=O) groups is 1. The van der Waals surface area contributed by atoms with E-state index in [1.54, 1.807) is 24.5 Å². The maximum Gasteiger partial charge on any atom is 0.453 e. The average Bonchev–Trinajstić information content (AvgIpc) is 3.04. The van der Waals surface area contributed by atoms with Crippen molar-refractivity contribution in [3.05, 3.63) is 40.9 Å². The van der Waals surface area contributed by atoms with Crippen LogP contribution in [0.15, 0.2) is 24.5 Å². The Hall–Kier alpha value is -2.56. The highest BCUT2D eigenvalue weighted by atomic mass is 32.1. The molecule has 0 aromatic carbocycles. The molecule has 0 unspecified atom stereocenters. The molecular weight excluding hydrogens is 321 g/mol. The van der Waals surface area contributed by atoms with Gasteiger partial charge in [-0.05, 0) is 17.7 Å². The van der Waals surface area contributed by atoms with Crippen LogP contribution >= 0.6 is 11.3 Å². The van der Waals surface area contributed by atoms with E-state index in [4.69, 9.17) is 0 Å². The van der Waals surface area contributed by atoms with Crippen molar-refractivity contribution >= 4 is 22.2 Å². The Labute approximate surface area is 124 Å². The van der Waals surface area contributed by atoms with Gasteiger partial charge in [0.25, 0.3) is 11.7 Å². The van der Waals surface area contributed by atoms with Crippen molar-refractivity contribution < 1.29 is 18.0 Å². The van der Waals surface area contributed by atoms with E-state index in [0.717, 1.165) is 16.9 Å². The topological polar surface area (TPSA) is 85.1 Å². The van der Waals surface area contributed by atoms with Crippen molar-refractivity contribution in [2.24, 2.45) is 0 Å². The van der Waals surface area contributed by atoms with Crippen molar-refractivity contribution in [1.29, 1.82) is 0 Å². The first-order valence-corrected chi connectivity index (χ1v) is 6.73. The van der Waals surface area contributed by atoms with E-state index in [1.165, 1.54) is 0 Å². The van der Waals surface area contributed by atoms with E-state index < -0.39 is 17.9 Å². The minimum absolute atomic E-state index is 0.0959. The normalized spacial score (nSPS) is 11.8. The lowest BCUT2D eigenvalue weighted by Gasteiger charge is -2.02. The average molecular weight is 328 g/mol. The number of rotatable bonds is 3. The Balaban J connectivity index is 1.78. The lowest BCUT2D eigenvalue weighted by atomic mass is 10.3. The van der Waals surface area contributed by atoms with Gasteiger partial charge in [0.2, 0.25) is 9.97 Å². The van der Waals surface area contributed by atoms with Crippen LogP contribution in [0.4, 0.5) is 13.2 Å². The fourth-order valence-corrected chi connectivity index (χ4v) is 2.40. The van der Waals surface area contributed by atoms with Gasteiger partial charge in [-0.25, -0.2) is 0 Å². The summed E-state index contributed by atoms with van der Waals surface area (Å²) in [5, 5.41) is 12.4. The van der Waals surface area contributed by atoms with E-state index in [1.807, 2.05) is 0 Å². The van der Waals surface area contributed by atoms with Gasteiger partial charge in [0.15, 0.2) is 0 Å². The zero-order valence-electron chi connectivity index (χ0n) is 10.7. The number of halogens is 3. The van der Waals surface area contributed by atoms with Crippen LogP contribution in [0.5, 0.6) is 0 Å². The second-order valence-electron chi connectivity index (χ2n) is 4.16. The second-order valence-corrected chi connectivity index (χ2v) is 5.12. The summed E-state index contributed by atoms with van der Waals surface area (Å²) >= 11 is 0.731. The molecule has 7 nitrogen and oxygen atoms in total. The maximum atomic E-state index is 12.7. The fourth-order valence-electron chi connectivity index (χ4n) is 1.64. The van der Waals surface area contributed by atoms with Crippen molar-refractivity contribution in [3.63, 3.8) is 0 Å². The number of carbonyl (C=O) groups excluding carboxylic acids is 1. The van der Waals surface area contributed by atoms with Crippen LogP contribution in [0.1, 0.15) is 21.2 Å². The molecule has 1 N–H and O–H groups in total. The van der Waals surface area contributed by atoms with Crippen LogP contribution in [0.2, 0.25) is 0 Å². The third-order valence-corrected chi connectivity index (χ3v) is 3.54. The summed E-state index contributed by atoms with van der Waals surface area (Å²) in [6.07, 6.45) is -1.54. The van der Waals surface area contributed by atoms with Gasteiger partial charge >= 0.3 is 6.18 Å². The van der Waals surface area contributed by atoms with E-state index in [9.17, 15) is 18.0 Å². The van der Waals surface area contributed by atoms with Crippen LogP contribution < -0.4 is 5.32 Å². The van der Waals surface area contributed by atoms with Crippen molar-refractivity contribution in [2.45, 2.75) is 12.7 Å². The molecular formula is C11H7F3N6OS. The number of aromatic nitrogens is 5. The van der Waals surface area contributed by atoms with Gasteiger partial charge in [-0.15, -0.1) is 15.3 Å². The Kier molecular flexibility index (Phi) is 3.48. The van der Waals surface area contributed by atoms with Gasteiger partial charge in [0.1, 0.15) is 0 Å². The quantitative estimate of drug-likeness (QED) is 0.788. The minimum Gasteiger partial charge on any atom is -0.346 e. The van der Waals surface area contributed by atoms with Crippen molar-refractivity contribution in [2.75, 3.05) is 0 Å². The smallest absolute Gasteiger partial charge is 0.346 e. The molecule has 0 saturated heterocycles. The Bertz CT molecular complexity index is 812. The summed E-state index contributed by atoms with van der Waals surface area (Å²) < 4.78 is 38.5. The summed E-state index contributed by atoms with van der Waals surface area (Å²) in [5.41, 5.74) is 0.808. The second kappa shape index (κ2) is 5.33. The fraction of sp³-hybridized carbons (Fsp3) is 0.182. The van der Waals surface area contributed by atoms with Gasteiger partial charge in [-0.2, -0.15) is 17.7 Å². The van der Waals surface area contributed by atoms with Crippen LogP contribution in [-0.2, 0) is 12.7 Å². The summed E-state index contributed by atoms with van der Waals surface area (Å²) in [5.74, 6) is -1.84. The predicted octanol–water partition coefficient (Wildman–Crippen LogP) is 1.53. The van der Waals surface area contributed by atoms with E-state index in [2.05, 4.69) is 25.6 Å². The number of amides is 1. The number of hydrogen-bond acceptors (Lipinski definition) is 6. The number of nitrogens with one attached hydrogen (secondary N) is 1. The van der Waals surface area contributed by atoms with Crippen LogP contribution in [0.25, 0.3) is 4.96 Å². The monoisotopic (exact) mass is 328 g/mol. The first-order valence-electron chi connectivity index (χ1n) is 5.91. The Morgan fingerprint density at radius 2 is 2.00 bits per heavy atom. The largest absolute Gasteiger partial charge is 0.453 e. The Morgan fingerprint density at radius 3 is 2.68 bits per heavy atom. The highest BCUT2D eigenvalue weighted by molar-refractivity contribution is 7.18. The van der Waals surface area contributed by atoms with Gasteiger partial charge < -0.3 is 5.32 Å². The molecule has 3 heterocycles. The number of alkyl halides is 3. The highest BCUT2D eigenvalue weighted by Gasteiger charge is 2.38. The molecule has 114 valence electrons. The molecule has 0 radical (unpaired) electrons. The first kappa shape index (κ1) is 14.4. The highest BCUT2D eigenvalue weighted by Crippen LogP contribution is 2.28. The summed E-state index contributed by atoms with van der Waals surface area (Å²) in [6.45, 7) is 0.216.